The Labute approximate surface area is 116 Å². The molecule has 0 radical (unpaired) electrons. The highest BCUT2D eigenvalue weighted by atomic mass is 16.4. The number of aryl methyl sites for hydroxylation is 2. The number of hydrogen-bond donors (Lipinski definition) is 2. The Hall–Kier alpha value is -2.43. The minimum atomic E-state index is -1.18. The van der Waals surface area contributed by atoms with Crippen molar-refractivity contribution in [1.82, 2.24) is 9.97 Å². The summed E-state index contributed by atoms with van der Waals surface area (Å²) in [4.78, 5) is 28.7. The van der Waals surface area contributed by atoms with E-state index in [9.17, 15) is 9.59 Å². The largest absolute Gasteiger partial charge is 0.477 e. The van der Waals surface area contributed by atoms with E-state index in [1.807, 2.05) is 27.7 Å². The summed E-state index contributed by atoms with van der Waals surface area (Å²) in [6, 6.07) is 3.47. The Balaban J connectivity index is 2.81. The molecule has 0 saturated carbocycles. The third-order valence-electron chi connectivity index (χ3n) is 3.60. The van der Waals surface area contributed by atoms with E-state index in [0.29, 0.717) is 5.69 Å². The van der Waals surface area contributed by atoms with Crippen LogP contribution in [0.1, 0.15) is 32.7 Å². The molecule has 0 saturated heterocycles. The van der Waals surface area contributed by atoms with Crippen LogP contribution in [-0.4, -0.2) is 21.0 Å². The van der Waals surface area contributed by atoms with Gasteiger partial charge in [0.1, 0.15) is 5.69 Å². The van der Waals surface area contributed by atoms with Gasteiger partial charge in [0.25, 0.3) is 0 Å². The smallest absolute Gasteiger partial charge is 0.352 e. The van der Waals surface area contributed by atoms with Gasteiger partial charge in [-0.15, -0.1) is 0 Å². The zero-order valence-electron chi connectivity index (χ0n) is 11.9. The van der Waals surface area contributed by atoms with Gasteiger partial charge in [-0.25, -0.2) is 9.59 Å². The second-order valence-corrected chi connectivity index (χ2v) is 4.93. The van der Waals surface area contributed by atoms with Crippen LogP contribution in [0.5, 0.6) is 0 Å². The van der Waals surface area contributed by atoms with E-state index < -0.39 is 11.7 Å². The minimum Gasteiger partial charge on any atom is -0.477 e. The van der Waals surface area contributed by atoms with Crippen molar-refractivity contribution in [2.45, 2.75) is 27.7 Å². The number of rotatable bonds is 2. The lowest BCUT2D eigenvalue weighted by molar-refractivity contribution is 0.0690. The van der Waals surface area contributed by atoms with E-state index in [0.717, 1.165) is 27.8 Å². The summed E-state index contributed by atoms with van der Waals surface area (Å²) in [5.74, 6) is -1.18. The van der Waals surface area contributed by atoms with Gasteiger partial charge in [0.05, 0.1) is 5.69 Å². The molecular formula is C15H16N2O3. The number of aromatic amines is 1. The number of hydrogen-bond acceptors (Lipinski definition) is 3. The lowest BCUT2D eigenvalue weighted by Crippen LogP contribution is -2.17. The van der Waals surface area contributed by atoms with Gasteiger partial charge < -0.3 is 5.11 Å². The Bertz CT molecular complexity index is 734. The fourth-order valence-electron chi connectivity index (χ4n) is 2.30. The van der Waals surface area contributed by atoms with Crippen molar-refractivity contribution in [2.75, 3.05) is 0 Å². The molecule has 5 heteroatoms. The molecule has 2 aromatic rings. The normalized spacial score (nSPS) is 10.6. The molecule has 0 atom stereocenters. The van der Waals surface area contributed by atoms with Crippen LogP contribution in [0.4, 0.5) is 0 Å². The van der Waals surface area contributed by atoms with Crippen LogP contribution in [0.25, 0.3) is 11.3 Å². The number of nitrogens with zero attached hydrogens (tertiary/aromatic N) is 1. The molecule has 0 unspecified atom stereocenters. The Morgan fingerprint density at radius 1 is 1.10 bits per heavy atom. The van der Waals surface area contributed by atoms with Crippen LogP contribution in [0, 0.1) is 27.7 Å². The molecule has 0 amide bonds. The van der Waals surface area contributed by atoms with Gasteiger partial charge in [0, 0.05) is 5.56 Å². The molecule has 2 rings (SSSR count). The second-order valence-electron chi connectivity index (χ2n) is 4.93. The Kier molecular flexibility index (Phi) is 3.44. The number of aromatic carboxylic acids is 1. The topological polar surface area (TPSA) is 83.0 Å². The maximum atomic E-state index is 11.6. The van der Waals surface area contributed by atoms with Crippen LogP contribution in [0.2, 0.25) is 0 Å². The Morgan fingerprint density at radius 3 is 2.15 bits per heavy atom. The summed E-state index contributed by atoms with van der Waals surface area (Å²) in [7, 11) is 0. The number of nitrogens with one attached hydrogen (secondary N) is 1. The molecule has 0 aliphatic carbocycles. The molecule has 2 N–H and O–H groups in total. The highest BCUT2D eigenvalue weighted by Gasteiger charge is 2.15. The third kappa shape index (κ3) is 2.34. The van der Waals surface area contributed by atoms with Gasteiger partial charge in [-0.2, -0.15) is 4.98 Å². The first-order valence-electron chi connectivity index (χ1n) is 6.23. The van der Waals surface area contributed by atoms with E-state index >= 15 is 0 Å². The van der Waals surface area contributed by atoms with E-state index in [4.69, 9.17) is 5.11 Å². The first-order valence-corrected chi connectivity index (χ1v) is 6.23. The van der Waals surface area contributed by atoms with Crippen molar-refractivity contribution < 1.29 is 9.90 Å². The van der Waals surface area contributed by atoms with Crippen molar-refractivity contribution in [2.24, 2.45) is 0 Å². The molecule has 20 heavy (non-hydrogen) atoms. The molecule has 1 aromatic heterocycles. The molecule has 1 heterocycles. The van der Waals surface area contributed by atoms with Crippen LogP contribution >= 0.6 is 0 Å². The summed E-state index contributed by atoms with van der Waals surface area (Å²) in [6.45, 7) is 7.86. The first kappa shape index (κ1) is 14.0. The lowest BCUT2D eigenvalue weighted by Gasteiger charge is -2.14. The monoisotopic (exact) mass is 272 g/mol. The summed E-state index contributed by atoms with van der Waals surface area (Å²) >= 11 is 0. The summed E-state index contributed by atoms with van der Waals surface area (Å²) in [5, 5.41) is 9.03. The predicted molar refractivity (Wildman–Crippen MR) is 76.2 cm³/mol. The maximum Gasteiger partial charge on any atom is 0.352 e. The molecule has 0 aliphatic rings. The minimum absolute atomic E-state index is 0.155. The van der Waals surface area contributed by atoms with Crippen LogP contribution in [0.15, 0.2) is 16.9 Å². The fraction of sp³-hybridized carbons (Fsp3) is 0.267. The fourth-order valence-corrected chi connectivity index (χ4v) is 2.30. The number of carboxylic acid groups (broad SMARTS) is 1. The molecule has 0 aliphatic heterocycles. The van der Waals surface area contributed by atoms with Gasteiger partial charge in [0.2, 0.25) is 0 Å². The molecule has 0 bridgehead atoms. The molecule has 1 aromatic carbocycles. The number of carboxylic acids is 1. The number of H-pyrrole nitrogens is 1. The number of aromatic nitrogens is 2. The second kappa shape index (κ2) is 4.92. The van der Waals surface area contributed by atoms with Crippen molar-refractivity contribution in [1.29, 1.82) is 0 Å². The van der Waals surface area contributed by atoms with Gasteiger partial charge in [-0.05, 0) is 56.0 Å². The highest BCUT2D eigenvalue weighted by molar-refractivity contribution is 5.87. The van der Waals surface area contributed by atoms with Crippen molar-refractivity contribution >= 4 is 5.97 Å². The first-order chi connectivity index (χ1) is 9.31. The van der Waals surface area contributed by atoms with Crippen molar-refractivity contribution in [3.63, 3.8) is 0 Å². The zero-order valence-corrected chi connectivity index (χ0v) is 11.9. The van der Waals surface area contributed by atoms with E-state index in [1.54, 1.807) is 0 Å². The zero-order chi connectivity index (χ0) is 15.0. The average Bonchev–Trinajstić information content (AvgIpc) is 2.36. The van der Waals surface area contributed by atoms with E-state index in [2.05, 4.69) is 16.0 Å². The lowest BCUT2D eigenvalue weighted by atomic mass is 9.92. The van der Waals surface area contributed by atoms with Crippen LogP contribution < -0.4 is 5.69 Å². The molecule has 0 fully saturated rings. The maximum absolute atomic E-state index is 11.6. The quantitative estimate of drug-likeness (QED) is 0.879. The van der Waals surface area contributed by atoms with Crippen LogP contribution in [0.3, 0.4) is 0 Å². The number of carbonyl (C=O) groups is 1. The summed E-state index contributed by atoms with van der Waals surface area (Å²) in [5.41, 5.74) is 4.59. The highest BCUT2D eigenvalue weighted by Crippen LogP contribution is 2.29. The van der Waals surface area contributed by atoms with Gasteiger partial charge >= 0.3 is 11.7 Å². The number of benzene rings is 1. The van der Waals surface area contributed by atoms with E-state index in [1.165, 1.54) is 6.07 Å². The molecule has 0 spiro atoms. The SMILES string of the molecule is Cc1cc(C)c(C)c(-c2cc(C(=O)O)[nH]c(=O)n2)c1C. The van der Waals surface area contributed by atoms with Crippen molar-refractivity contribution in [3.05, 3.63) is 50.6 Å². The van der Waals surface area contributed by atoms with Crippen molar-refractivity contribution in [3.8, 4) is 11.3 Å². The molecule has 5 nitrogen and oxygen atoms in total. The van der Waals surface area contributed by atoms with E-state index in [-0.39, 0.29) is 5.69 Å². The average molecular weight is 272 g/mol. The summed E-state index contributed by atoms with van der Waals surface area (Å²) in [6.07, 6.45) is 0. The summed E-state index contributed by atoms with van der Waals surface area (Å²) < 4.78 is 0. The van der Waals surface area contributed by atoms with Crippen LogP contribution in [-0.2, 0) is 0 Å². The van der Waals surface area contributed by atoms with Gasteiger partial charge in [-0.3, -0.25) is 4.98 Å². The standard InChI is InChI=1S/C15H16N2O3/c1-7-5-8(2)10(4)13(9(7)3)11-6-12(14(18)19)17-15(20)16-11/h5-6H,1-4H3,(H,18,19)(H,16,17,20). The molecular weight excluding hydrogens is 256 g/mol. The van der Waals surface area contributed by atoms with Gasteiger partial charge in [-0.1, -0.05) is 6.07 Å². The predicted octanol–water partition coefficient (Wildman–Crippen LogP) is 2.37. The van der Waals surface area contributed by atoms with Gasteiger partial charge in [0.15, 0.2) is 0 Å². The molecule has 104 valence electrons. The Morgan fingerprint density at radius 2 is 1.65 bits per heavy atom. The third-order valence-corrected chi connectivity index (χ3v) is 3.60.